The zero-order chi connectivity index (χ0) is 19.4. The molecule has 3 rings (SSSR count). The number of carbonyl (C=O) groups excluding carboxylic acids is 1. The Morgan fingerprint density at radius 3 is 2.04 bits per heavy atom. The summed E-state index contributed by atoms with van der Waals surface area (Å²) in [6, 6.07) is 12.9. The number of nitrogens with zero attached hydrogens (tertiary/aromatic N) is 2. The number of para-hydroxylation sites is 1. The number of hydrogen-bond acceptors (Lipinski definition) is 3. The molecule has 0 unspecified atom stereocenters. The Balaban J connectivity index is 1.48. The first-order valence-electron chi connectivity index (χ1n) is 9.78. The van der Waals surface area contributed by atoms with Crippen LogP contribution in [0.5, 0.6) is 0 Å². The third-order valence-electron chi connectivity index (χ3n) is 5.27. The summed E-state index contributed by atoms with van der Waals surface area (Å²) in [6.07, 6.45) is 0. The highest BCUT2D eigenvalue weighted by molar-refractivity contribution is 5.93. The van der Waals surface area contributed by atoms with Gasteiger partial charge in [0.25, 0.3) is 0 Å². The lowest BCUT2D eigenvalue weighted by Gasteiger charge is -2.34. The molecule has 27 heavy (non-hydrogen) atoms. The lowest BCUT2D eigenvalue weighted by Crippen LogP contribution is -2.48. The van der Waals surface area contributed by atoms with Gasteiger partial charge in [0.05, 0.1) is 6.54 Å². The molecule has 1 heterocycles. The van der Waals surface area contributed by atoms with E-state index in [0.29, 0.717) is 6.54 Å². The van der Waals surface area contributed by atoms with Crippen LogP contribution in [0.25, 0.3) is 0 Å². The van der Waals surface area contributed by atoms with Crippen LogP contribution in [0.2, 0.25) is 0 Å². The van der Waals surface area contributed by atoms with E-state index in [4.69, 9.17) is 0 Å². The third-order valence-corrected chi connectivity index (χ3v) is 5.27. The SMILES string of the molecule is Cc1cc(C)cc(CN2CCN(CC(=O)Nc3c(C)cccc3C)CC2)c1. The topological polar surface area (TPSA) is 35.6 Å². The molecule has 1 aliphatic heterocycles. The van der Waals surface area contributed by atoms with Crippen molar-refractivity contribution in [3.05, 3.63) is 64.2 Å². The van der Waals surface area contributed by atoms with Crippen molar-refractivity contribution in [3.63, 3.8) is 0 Å². The lowest BCUT2D eigenvalue weighted by molar-refractivity contribution is -0.117. The highest BCUT2D eigenvalue weighted by atomic mass is 16.2. The molecule has 0 spiro atoms. The lowest BCUT2D eigenvalue weighted by atomic mass is 10.1. The summed E-state index contributed by atoms with van der Waals surface area (Å²) in [5, 5.41) is 3.10. The van der Waals surface area contributed by atoms with Crippen molar-refractivity contribution >= 4 is 11.6 Å². The average molecular weight is 366 g/mol. The van der Waals surface area contributed by atoms with Crippen molar-refractivity contribution in [2.75, 3.05) is 38.0 Å². The number of nitrogens with one attached hydrogen (secondary N) is 1. The molecule has 1 fully saturated rings. The summed E-state index contributed by atoms with van der Waals surface area (Å²) >= 11 is 0. The minimum atomic E-state index is 0.0789. The average Bonchev–Trinajstić information content (AvgIpc) is 2.59. The van der Waals surface area contributed by atoms with Crippen molar-refractivity contribution < 1.29 is 4.79 Å². The molecule has 0 radical (unpaired) electrons. The standard InChI is InChI=1S/C23H31N3O/c1-17-12-18(2)14-21(13-17)15-25-8-10-26(11-9-25)16-22(27)24-23-19(3)6-5-7-20(23)4/h5-7,12-14H,8-11,15-16H2,1-4H3,(H,24,27). The predicted molar refractivity (Wildman–Crippen MR) is 112 cm³/mol. The van der Waals surface area contributed by atoms with E-state index in [1.165, 1.54) is 16.7 Å². The summed E-state index contributed by atoms with van der Waals surface area (Å²) in [5.74, 6) is 0.0789. The van der Waals surface area contributed by atoms with Crippen LogP contribution in [0.4, 0.5) is 5.69 Å². The largest absolute Gasteiger partial charge is 0.324 e. The first kappa shape index (κ1) is 19.6. The number of rotatable bonds is 5. The molecule has 1 aliphatic rings. The zero-order valence-corrected chi connectivity index (χ0v) is 17.0. The van der Waals surface area contributed by atoms with Crippen LogP contribution < -0.4 is 5.32 Å². The van der Waals surface area contributed by atoms with E-state index in [1.807, 2.05) is 32.0 Å². The quantitative estimate of drug-likeness (QED) is 0.878. The van der Waals surface area contributed by atoms with Gasteiger partial charge in [-0.3, -0.25) is 14.6 Å². The van der Waals surface area contributed by atoms with Crippen LogP contribution in [-0.4, -0.2) is 48.4 Å². The van der Waals surface area contributed by atoms with Gasteiger partial charge in [-0.25, -0.2) is 0 Å². The van der Waals surface area contributed by atoms with Crippen molar-refractivity contribution in [2.24, 2.45) is 0 Å². The fourth-order valence-electron chi connectivity index (χ4n) is 3.92. The molecule has 1 amide bonds. The van der Waals surface area contributed by atoms with Gasteiger partial charge >= 0.3 is 0 Å². The number of hydrogen-bond donors (Lipinski definition) is 1. The number of aryl methyl sites for hydroxylation is 4. The minimum absolute atomic E-state index is 0.0789. The van der Waals surface area contributed by atoms with E-state index in [1.54, 1.807) is 0 Å². The van der Waals surface area contributed by atoms with Crippen molar-refractivity contribution in [1.29, 1.82) is 0 Å². The summed E-state index contributed by atoms with van der Waals surface area (Å²) in [4.78, 5) is 17.2. The van der Waals surface area contributed by atoms with Gasteiger partial charge < -0.3 is 5.32 Å². The van der Waals surface area contributed by atoms with Gasteiger partial charge in [0.1, 0.15) is 0 Å². The van der Waals surface area contributed by atoms with E-state index in [0.717, 1.165) is 49.5 Å². The molecule has 144 valence electrons. The minimum Gasteiger partial charge on any atom is -0.324 e. The molecular formula is C23H31N3O. The first-order valence-corrected chi connectivity index (χ1v) is 9.78. The van der Waals surface area contributed by atoms with E-state index in [2.05, 4.69) is 47.2 Å². The van der Waals surface area contributed by atoms with Crippen molar-refractivity contribution in [2.45, 2.75) is 34.2 Å². The fourth-order valence-corrected chi connectivity index (χ4v) is 3.92. The van der Waals surface area contributed by atoms with Gasteiger partial charge in [-0.1, -0.05) is 47.5 Å². The van der Waals surface area contributed by atoms with Crippen LogP contribution in [0.1, 0.15) is 27.8 Å². The number of piperazine rings is 1. The number of anilines is 1. The van der Waals surface area contributed by atoms with Gasteiger partial charge in [-0.05, 0) is 44.4 Å². The molecule has 0 aromatic heterocycles. The zero-order valence-electron chi connectivity index (χ0n) is 17.0. The molecule has 2 aromatic rings. The van der Waals surface area contributed by atoms with Gasteiger partial charge in [-0.2, -0.15) is 0 Å². The molecule has 4 heteroatoms. The number of benzene rings is 2. The maximum Gasteiger partial charge on any atom is 0.238 e. The normalized spacial score (nSPS) is 15.7. The van der Waals surface area contributed by atoms with E-state index in [-0.39, 0.29) is 5.91 Å². The van der Waals surface area contributed by atoms with Crippen molar-refractivity contribution in [3.8, 4) is 0 Å². The van der Waals surface area contributed by atoms with Crippen LogP contribution in [0.3, 0.4) is 0 Å². The Bertz CT molecular complexity index is 767. The number of carbonyl (C=O) groups is 1. The van der Waals surface area contributed by atoms with E-state index < -0.39 is 0 Å². The second-order valence-electron chi connectivity index (χ2n) is 7.86. The van der Waals surface area contributed by atoms with Crippen LogP contribution in [0.15, 0.2) is 36.4 Å². The molecule has 0 saturated carbocycles. The summed E-state index contributed by atoms with van der Waals surface area (Å²) in [7, 11) is 0. The second kappa shape index (κ2) is 8.68. The summed E-state index contributed by atoms with van der Waals surface area (Å²) in [5.41, 5.74) is 7.21. The smallest absolute Gasteiger partial charge is 0.238 e. The Labute approximate surface area is 163 Å². The molecule has 1 saturated heterocycles. The molecule has 0 bridgehead atoms. The van der Waals surface area contributed by atoms with Crippen LogP contribution in [-0.2, 0) is 11.3 Å². The molecule has 4 nitrogen and oxygen atoms in total. The number of amides is 1. The molecular weight excluding hydrogens is 334 g/mol. The van der Waals surface area contributed by atoms with Gasteiger partial charge in [0, 0.05) is 38.4 Å². The highest BCUT2D eigenvalue weighted by Crippen LogP contribution is 2.19. The predicted octanol–water partition coefficient (Wildman–Crippen LogP) is 3.68. The summed E-state index contributed by atoms with van der Waals surface area (Å²) in [6.45, 7) is 13.7. The summed E-state index contributed by atoms with van der Waals surface area (Å²) < 4.78 is 0. The molecule has 2 aromatic carbocycles. The first-order chi connectivity index (χ1) is 12.9. The highest BCUT2D eigenvalue weighted by Gasteiger charge is 2.19. The van der Waals surface area contributed by atoms with Crippen molar-refractivity contribution in [1.82, 2.24) is 9.80 Å². The second-order valence-corrected chi connectivity index (χ2v) is 7.86. The fraction of sp³-hybridized carbons (Fsp3) is 0.435. The van der Waals surface area contributed by atoms with Gasteiger partial charge in [-0.15, -0.1) is 0 Å². The van der Waals surface area contributed by atoms with E-state index >= 15 is 0 Å². The molecule has 1 N–H and O–H groups in total. The maximum atomic E-state index is 12.5. The molecule has 0 aliphatic carbocycles. The van der Waals surface area contributed by atoms with Crippen LogP contribution >= 0.6 is 0 Å². The van der Waals surface area contributed by atoms with Crippen LogP contribution in [0, 0.1) is 27.7 Å². The Kier molecular flexibility index (Phi) is 6.30. The van der Waals surface area contributed by atoms with Gasteiger partial charge in [0.2, 0.25) is 5.91 Å². The Morgan fingerprint density at radius 2 is 1.44 bits per heavy atom. The Morgan fingerprint density at radius 1 is 0.889 bits per heavy atom. The monoisotopic (exact) mass is 365 g/mol. The van der Waals surface area contributed by atoms with E-state index in [9.17, 15) is 4.79 Å². The van der Waals surface area contributed by atoms with Gasteiger partial charge in [0.15, 0.2) is 0 Å². The Hall–Kier alpha value is -2.17. The third kappa shape index (κ3) is 5.41. The maximum absolute atomic E-state index is 12.5. The molecule has 0 atom stereocenters.